The van der Waals surface area contributed by atoms with Gasteiger partial charge in [0.15, 0.2) is 17.3 Å². The molecule has 23 heavy (non-hydrogen) atoms. The normalized spacial score (nSPS) is 17.7. The number of nitrogens with zero attached hydrogens (tertiary/aromatic N) is 3. The van der Waals surface area contributed by atoms with Gasteiger partial charge in [-0.1, -0.05) is 6.07 Å². The molecule has 1 aromatic carbocycles. The van der Waals surface area contributed by atoms with Gasteiger partial charge in [0.2, 0.25) is 4.77 Å². The molecule has 1 unspecified atom stereocenters. The van der Waals surface area contributed by atoms with Crippen molar-refractivity contribution in [2.45, 2.75) is 18.9 Å². The fourth-order valence-electron chi connectivity index (χ4n) is 2.54. The van der Waals surface area contributed by atoms with Crippen molar-refractivity contribution in [2.75, 3.05) is 20.8 Å². The quantitative estimate of drug-likeness (QED) is 0.672. The Morgan fingerprint density at radius 1 is 1.43 bits per heavy atom. The van der Waals surface area contributed by atoms with E-state index in [4.69, 9.17) is 26.4 Å². The topological polar surface area (TPSA) is 73.7 Å². The Hall–Kier alpha value is -2.19. The molecule has 1 aliphatic heterocycles. The lowest BCUT2D eigenvalue weighted by molar-refractivity contribution is 0.102. The van der Waals surface area contributed by atoms with Crippen LogP contribution < -0.4 is 9.47 Å². The molecule has 3 rings (SSSR count). The van der Waals surface area contributed by atoms with Gasteiger partial charge >= 0.3 is 0 Å². The molecule has 0 radical (unpaired) electrons. The number of rotatable bonds is 5. The van der Waals surface area contributed by atoms with Crippen LogP contribution in [0.2, 0.25) is 0 Å². The first kappa shape index (κ1) is 15.7. The van der Waals surface area contributed by atoms with Gasteiger partial charge in [0.05, 0.1) is 20.4 Å². The Bertz CT molecular complexity index is 762. The predicted molar refractivity (Wildman–Crippen MR) is 87.9 cm³/mol. The number of nitrogens with one attached hydrogen (secondary N) is 1. The van der Waals surface area contributed by atoms with Gasteiger partial charge in [0.1, 0.15) is 6.10 Å². The van der Waals surface area contributed by atoms with Crippen molar-refractivity contribution >= 4 is 18.4 Å². The molecule has 1 saturated heterocycles. The average molecular weight is 334 g/mol. The summed E-state index contributed by atoms with van der Waals surface area (Å²) in [6.45, 7) is 0.734. The smallest absolute Gasteiger partial charge is 0.216 e. The number of para-hydroxylation sites is 1. The molecule has 0 aliphatic carbocycles. The average Bonchev–Trinajstić information content (AvgIpc) is 3.22. The Morgan fingerprint density at radius 2 is 2.30 bits per heavy atom. The zero-order valence-electron chi connectivity index (χ0n) is 13.0. The third-order valence-corrected chi connectivity index (χ3v) is 3.90. The molecule has 0 amide bonds. The zero-order valence-corrected chi connectivity index (χ0v) is 13.8. The standard InChI is InChI=1S/C15H18N4O3S/c1-20-11-6-3-5-10(13(11)21-2)9-16-19-14(17-18-15(19)23)12-7-4-8-22-12/h3,5-6,9,12H,4,7-8H2,1-2H3,(H,18,23)/b16-9-. The molecule has 2 aromatic rings. The number of ether oxygens (including phenoxy) is 3. The molecule has 2 heterocycles. The maximum atomic E-state index is 5.66. The highest BCUT2D eigenvalue weighted by Gasteiger charge is 2.23. The van der Waals surface area contributed by atoms with Crippen LogP contribution in [0.1, 0.15) is 30.3 Å². The van der Waals surface area contributed by atoms with E-state index < -0.39 is 0 Å². The highest BCUT2D eigenvalue weighted by Crippen LogP contribution is 2.30. The first-order valence-electron chi connectivity index (χ1n) is 7.29. The molecular weight excluding hydrogens is 316 g/mol. The number of aromatic nitrogens is 3. The molecule has 1 aromatic heterocycles. The highest BCUT2D eigenvalue weighted by atomic mass is 32.1. The van der Waals surface area contributed by atoms with E-state index in [1.165, 1.54) is 0 Å². The minimum Gasteiger partial charge on any atom is -0.493 e. The fourth-order valence-corrected chi connectivity index (χ4v) is 2.73. The van der Waals surface area contributed by atoms with Gasteiger partial charge in [0.25, 0.3) is 0 Å². The van der Waals surface area contributed by atoms with Crippen LogP contribution >= 0.6 is 12.2 Å². The van der Waals surface area contributed by atoms with Crippen LogP contribution in [0.4, 0.5) is 0 Å². The van der Waals surface area contributed by atoms with Crippen molar-refractivity contribution in [3.8, 4) is 11.5 Å². The third kappa shape index (κ3) is 3.13. The van der Waals surface area contributed by atoms with Crippen LogP contribution in [0.15, 0.2) is 23.3 Å². The van der Waals surface area contributed by atoms with Crippen molar-refractivity contribution < 1.29 is 14.2 Å². The number of hydrogen-bond acceptors (Lipinski definition) is 6. The third-order valence-electron chi connectivity index (χ3n) is 3.64. The summed E-state index contributed by atoms with van der Waals surface area (Å²) in [4.78, 5) is 0. The van der Waals surface area contributed by atoms with Crippen LogP contribution in [0.3, 0.4) is 0 Å². The summed E-state index contributed by atoms with van der Waals surface area (Å²) in [6, 6.07) is 5.59. The van der Waals surface area contributed by atoms with E-state index in [-0.39, 0.29) is 6.10 Å². The minimum absolute atomic E-state index is 0.0766. The maximum Gasteiger partial charge on any atom is 0.216 e. The van der Waals surface area contributed by atoms with Crippen LogP contribution in [-0.4, -0.2) is 41.9 Å². The van der Waals surface area contributed by atoms with E-state index in [0.717, 1.165) is 25.0 Å². The van der Waals surface area contributed by atoms with Crippen LogP contribution in [0.5, 0.6) is 11.5 Å². The van der Waals surface area contributed by atoms with Gasteiger partial charge in [-0.25, -0.2) is 0 Å². The SMILES string of the molecule is COc1cccc(/C=N\n2c(C3CCCO3)n[nH]c2=S)c1OC. The van der Waals surface area contributed by atoms with Crippen LogP contribution in [0.25, 0.3) is 0 Å². The lowest BCUT2D eigenvalue weighted by atomic mass is 10.2. The Kier molecular flexibility index (Phi) is 4.73. The summed E-state index contributed by atoms with van der Waals surface area (Å²) in [7, 11) is 3.19. The Labute approximate surface area is 138 Å². The summed E-state index contributed by atoms with van der Waals surface area (Å²) >= 11 is 5.25. The van der Waals surface area contributed by atoms with Gasteiger partial charge in [-0.2, -0.15) is 14.9 Å². The number of hydrogen-bond donors (Lipinski definition) is 1. The maximum absolute atomic E-state index is 5.66. The van der Waals surface area contributed by atoms with Crippen LogP contribution in [0, 0.1) is 4.77 Å². The molecular formula is C15H18N4O3S. The van der Waals surface area contributed by atoms with E-state index in [1.54, 1.807) is 25.1 Å². The highest BCUT2D eigenvalue weighted by molar-refractivity contribution is 7.71. The van der Waals surface area contributed by atoms with Crippen molar-refractivity contribution in [3.63, 3.8) is 0 Å². The molecule has 122 valence electrons. The van der Waals surface area contributed by atoms with Gasteiger partial charge in [-0.3, -0.25) is 5.10 Å². The largest absolute Gasteiger partial charge is 0.493 e. The molecule has 1 aliphatic rings. The summed E-state index contributed by atoms with van der Waals surface area (Å²) in [5.41, 5.74) is 0.785. The van der Waals surface area contributed by atoms with E-state index in [0.29, 0.717) is 22.1 Å². The lowest BCUT2D eigenvalue weighted by Crippen LogP contribution is -2.05. The van der Waals surface area contributed by atoms with Gasteiger partial charge in [0, 0.05) is 12.2 Å². The van der Waals surface area contributed by atoms with Crippen molar-refractivity contribution in [2.24, 2.45) is 5.10 Å². The predicted octanol–water partition coefficient (Wildman–Crippen LogP) is 2.69. The second-order valence-electron chi connectivity index (χ2n) is 5.03. The first-order chi connectivity index (χ1) is 11.2. The van der Waals surface area contributed by atoms with E-state index in [9.17, 15) is 0 Å². The number of H-pyrrole nitrogens is 1. The Balaban J connectivity index is 1.95. The number of aromatic amines is 1. The van der Waals surface area contributed by atoms with Crippen molar-refractivity contribution in [3.05, 3.63) is 34.4 Å². The van der Waals surface area contributed by atoms with Gasteiger partial charge in [-0.15, -0.1) is 0 Å². The molecule has 1 atom stereocenters. The minimum atomic E-state index is -0.0766. The van der Waals surface area contributed by atoms with Crippen molar-refractivity contribution in [1.82, 2.24) is 14.9 Å². The van der Waals surface area contributed by atoms with E-state index in [2.05, 4.69) is 15.3 Å². The summed E-state index contributed by atoms with van der Waals surface area (Å²) in [5.74, 6) is 1.95. The molecule has 1 N–H and O–H groups in total. The zero-order chi connectivity index (χ0) is 16.2. The molecule has 0 spiro atoms. The summed E-state index contributed by atoms with van der Waals surface area (Å²) in [6.07, 6.45) is 3.52. The molecule has 8 heteroatoms. The summed E-state index contributed by atoms with van der Waals surface area (Å²) in [5, 5.41) is 11.4. The molecule has 0 saturated carbocycles. The fraction of sp³-hybridized carbons (Fsp3) is 0.400. The lowest BCUT2D eigenvalue weighted by Gasteiger charge is -2.10. The molecule has 7 nitrogen and oxygen atoms in total. The molecule has 0 bridgehead atoms. The monoisotopic (exact) mass is 334 g/mol. The van der Waals surface area contributed by atoms with E-state index in [1.807, 2.05) is 18.2 Å². The first-order valence-corrected chi connectivity index (χ1v) is 7.69. The van der Waals surface area contributed by atoms with Crippen molar-refractivity contribution in [1.29, 1.82) is 0 Å². The Morgan fingerprint density at radius 3 is 3.00 bits per heavy atom. The van der Waals surface area contributed by atoms with E-state index >= 15 is 0 Å². The second kappa shape index (κ2) is 6.93. The van der Waals surface area contributed by atoms with Gasteiger partial charge < -0.3 is 14.2 Å². The molecule has 1 fully saturated rings. The number of benzene rings is 1. The van der Waals surface area contributed by atoms with Gasteiger partial charge in [-0.05, 0) is 37.2 Å². The number of methoxy groups -OCH3 is 2. The summed E-state index contributed by atoms with van der Waals surface area (Å²) < 4.78 is 18.4. The van der Waals surface area contributed by atoms with Crippen LogP contribution in [-0.2, 0) is 4.74 Å². The second-order valence-corrected chi connectivity index (χ2v) is 5.41.